The number of imidazole rings is 1. The number of fused-ring (bicyclic) bond motifs is 1. The normalized spacial score (nSPS) is 17.6. The fourth-order valence-electron chi connectivity index (χ4n) is 3.34. The van der Waals surface area contributed by atoms with Crippen LogP contribution >= 0.6 is 11.3 Å². The van der Waals surface area contributed by atoms with Gasteiger partial charge in [-0.1, -0.05) is 11.3 Å². The number of nitrogens with zero attached hydrogens (tertiary/aromatic N) is 4. The number of hydrogen-bond donors (Lipinski definition) is 1. The van der Waals surface area contributed by atoms with E-state index in [2.05, 4.69) is 20.3 Å². The summed E-state index contributed by atoms with van der Waals surface area (Å²) in [5, 5.41) is 8.54. The SMILES string of the molecule is CC(C)NC(=O)C1CCCN(c2nn3cc(-c4ccc(F)cc4)nc3s2)C1. The van der Waals surface area contributed by atoms with Crippen LogP contribution in [0.2, 0.25) is 0 Å². The first-order valence-electron chi connectivity index (χ1n) is 9.17. The minimum atomic E-state index is -0.263. The molecule has 4 rings (SSSR count). The Balaban J connectivity index is 1.51. The number of rotatable bonds is 4. The van der Waals surface area contributed by atoms with E-state index < -0.39 is 0 Å². The van der Waals surface area contributed by atoms with Crippen molar-refractivity contribution in [2.75, 3.05) is 18.0 Å². The molecule has 1 amide bonds. The van der Waals surface area contributed by atoms with Crippen LogP contribution in [0.1, 0.15) is 26.7 Å². The first-order valence-corrected chi connectivity index (χ1v) is 9.99. The summed E-state index contributed by atoms with van der Waals surface area (Å²) in [6.45, 7) is 5.53. The fourth-order valence-corrected chi connectivity index (χ4v) is 4.26. The number of carbonyl (C=O) groups excluding carboxylic acids is 1. The smallest absolute Gasteiger partial charge is 0.225 e. The number of nitrogens with one attached hydrogen (secondary N) is 1. The van der Waals surface area contributed by atoms with Gasteiger partial charge in [-0.15, -0.1) is 5.10 Å². The number of carbonyl (C=O) groups is 1. The Morgan fingerprint density at radius 2 is 2.11 bits per heavy atom. The summed E-state index contributed by atoms with van der Waals surface area (Å²) < 4.78 is 14.9. The summed E-state index contributed by atoms with van der Waals surface area (Å²) in [7, 11) is 0. The van der Waals surface area contributed by atoms with Crippen LogP contribution in [-0.2, 0) is 4.79 Å². The first kappa shape index (κ1) is 17.9. The molecule has 27 heavy (non-hydrogen) atoms. The molecule has 3 heterocycles. The van der Waals surface area contributed by atoms with E-state index >= 15 is 0 Å². The zero-order chi connectivity index (χ0) is 19.0. The molecule has 0 aliphatic carbocycles. The Bertz CT molecular complexity index is 917. The molecule has 1 aliphatic heterocycles. The molecule has 3 aromatic rings. The topological polar surface area (TPSA) is 62.5 Å². The second-order valence-electron chi connectivity index (χ2n) is 7.19. The molecule has 0 saturated carbocycles. The number of piperidine rings is 1. The maximum absolute atomic E-state index is 13.1. The lowest BCUT2D eigenvalue weighted by Crippen LogP contribution is -2.44. The number of halogens is 1. The Labute approximate surface area is 161 Å². The number of benzene rings is 1. The molecule has 8 heteroatoms. The quantitative estimate of drug-likeness (QED) is 0.746. The number of amides is 1. The van der Waals surface area contributed by atoms with E-state index in [1.165, 1.54) is 23.5 Å². The highest BCUT2D eigenvalue weighted by Gasteiger charge is 2.28. The average Bonchev–Trinajstić information content (AvgIpc) is 3.21. The fraction of sp³-hybridized carbons (Fsp3) is 0.421. The molecule has 0 radical (unpaired) electrons. The van der Waals surface area contributed by atoms with Gasteiger partial charge in [-0.3, -0.25) is 4.79 Å². The molecule has 0 spiro atoms. The van der Waals surface area contributed by atoms with Crippen LogP contribution in [0.4, 0.5) is 9.52 Å². The molecule has 1 aliphatic rings. The van der Waals surface area contributed by atoms with Crippen LogP contribution in [0.25, 0.3) is 16.2 Å². The van der Waals surface area contributed by atoms with Gasteiger partial charge in [0.2, 0.25) is 16.0 Å². The zero-order valence-electron chi connectivity index (χ0n) is 15.4. The van der Waals surface area contributed by atoms with Crippen molar-refractivity contribution >= 4 is 27.3 Å². The summed E-state index contributed by atoms with van der Waals surface area (Å²) in [5.74, 6) is -0.150. The number of anilines is 1. The number of hydrogen-bond acceptors (Lipinski definition) is 5. The van der Waals surface area contributed by atoms with Gasteiger partial charge >= 0.3 is 0 Å². The van der Waals surface area contributed by atoms with Crippen molar-refractivity contribution in [1.82, 2.24) is 19.9 Å². The zero-order valence-corrected chi connectivity index (χ0v) is 16.2. The molecule has 1 atom stereocenters. The van der Waals surface area contributed by atoms with Gasteiger partial charge in [-0.2, -0.15) is 0 Å². The van der Waals surface area contributed by atoms with E-state index in [0.29, 0.717) is 6.54 Å². The highest BCUT2D eigenvalue weighted by molar-refractivity contribution is 7.20. The van der Waals surface area contributed by atoms with E-state index in [-0.39, 0.29) is 23.7 Å². The van der Waals surface area contributed by atoms with Crippen molar-refractivity contribution in [3.63, 3.8) is 0 Å². The number of aromatic nitrogens is 3. The van der Waals surface area contributed by atoms with Crippen LogP contribution < -0.4 is 10.2 Å². The standard InChI is InChI=1S/C19H22FN5OS/c1-12(2)21-17(26)14-4-3-9-24(10-14)19-23-25-11-16(22-18(25)27-19)13-5-7-15(20)8-6-13/h5-8,11-12,14H,3-4,9-10H2,1-2H3,(H,21,26). The van der Waals surface area contributed by atoms with E-state index in [1.807, 2.05) is 20.0 Å². The first-order chi connectivity index (χ1) is 13.0. The minimum absolute atomic E-state index is 0.00727. The molecule has 6 nitrogen and oxygen atoms in total. The van der Waals surface area contributed by atoms with Crippen molar-refractivity contribution in [2.45, 2.75) is 32.7 Å². The second kappa shape index (κ2) is 7.26. The van der Waals surface area contributed by atoms with Crippen LogP contribution in [0, 0.1) is 11.7 Å². The lowest BCUT2D eigenvalue weighted by atomic mass is 9.97. The third-order valence-electron chi connectivity index (χ3n) is 4.67. The van der Waals surface area contributed by atoms with E-state index in [4.69, 9.17) is 0 Å². The molecule has 1 unspecified atom stereocenters. The molecule has 1 saturated heterocycles. The molecule has 2 aromatic heterocycles. The highest BCUT2D eigenvalue weighted by atomic mass is 32.1. The molecule has 142 valence electrons. The third-order valence-corrected chi connectivity index (χ3v) is 5.65. The predicted molar refractivity (Wildman–Crippen MR) is 104 cm³/mol. The van der Waals surface area contributed by atoms with Crippen LogP contribution in [0.5, 0.6) is 0 Å². The largest absolute Gasteiger partial charge is 0.354 e. The van der Waals surface area contributed by atoms with Gasteiger partial charge in [0.15, 0.2) is 0 Å². The lowest BCUT2D eigenvalue weighted by Gasteiger charge is -2.31. The molecular weight excluding hydrogens is 365 g/mol. The molecule has 1 fully saturated rings. The van der Waals surface area contributed by atoms with Gasteiger partial charge in [-0.25, -0.2) is 13.9 Å². The van der Waals surface area contributed by atoms with Crippen LogP contribution in [0.3, 0.4) is 0 Å². The minimum Gasteiger partial charge on any atom is -0.354 e. The Kier molecular flexibility index (Phi) is 4.82. The second-order valence-corrected chi connectivity index (χ2v) is 8.13. The van der Waals surface area contributed by atoms with E-state index in [9.17, 15) is 9.18 Å². The van der Waals surface area contributed by atoms with Gasteiger partial charge in [0.05, 0.1) is 17.8 Å². The predicted octanol–water partition coefficient (Wildman–Crippen LogP) is 3.34. The summed E-state index contributed by atoms with van der Waals surface area (Å²) >= 11 is 1.51. The monoisotopic (exact) mass is 387 g/mol. The maximum Gasteiger partial charge on any atom is 0.225 e. The molecule has 1 aromatic carbocycles. The Morgan fingerprint density at radius 1 is 1.33 bits per heavy atom. The molecule has 0 bridgehead atoms. The molecule has 1 N–H and O–H groups in total. The van der Waals surface area contributed by atoms with Crippen molar-refractivity contribution in [2.24, 2.45) is 5.92 Å². The summed E-state index contributed by atoms with van der Waals surface area (Å²) in [4.78, 5) is 19.9. The van der Waals surface area contributed by atoms with Gasteiger partial charge in [0.25, 0.3) is 0 Å². The van der Waals surface area contributed by atoms with E-state index in [0.717, 1.165) is 40.7 Å². The van der Waals surface area contributed by atoms with Crippen molar-refractivity contribution < 1.29 is 9.18 Å². The molecular formula is C19H22FN5OS. The summed E-state index contributed by atoms with van der Waals surface area (Å²) in [5.41, 5.74) is 1.63. The van der Waals surface area contributed by atoms with Crippen LogP contribution in [0.15, 0.2) is 30.5 Å². The van der Waals surface area contributed by atoms with E-state index in [1.54, 1.807) is 16.6 Å². The average molecular weight is 387 g/mol. The van der Waals surface area contributed by atoms with Crippen molar-refractivity contribution in [3.8, 4) is 11.3 Å². The van der Waals surface area contributed by atoms with Gasteiger partial charge < -0.3 is 10.2 Å². The van der Waals surface area contributed by atoms with Gasteiger partial charge in [0, 0.05) is 24.7 Å². The summed E-state index contributed by atoms with van der Waals surface area (Å²) in [6.07, 6.45) is 3.74. The Hall–Kier alpha value is -2.48. The third kappa shape index (κ3) is 3.80. The van der Waals surface area contributed by atoms with Crippen molar-refractivity contribution in [3.05, 3.63) is 36.3 Å². The lowest BCUT2D eigenvalue weighted by molar-refractivity contribution is -0.125. The van der Waals surface area contributed by atoms with Gasteiger partial charge in [-0.05, 0) is 51.0 Å². The summed E-state index contributed by atoms with van der Waals surface area (Å²) in [6, 6.07) is 6.44. The highest BCUT2D eigenvalue weighted by Crippen LogP contribution is 2.29. The Morgan fingerprint density at radius 3 is 2.81 bits per heavy atom. The van der Waals surface area contributed by atoms with Gasteiger partial charge in [0.1, 0.15) is 5.82 Å². The van der Waals surface area contributed by atoms with Crippen molar-refractivity contribution in [1.29, 1.82) is 0 Å². The van der Waals surface area contributed by atoms with Crippen LogP contribution in [-0.4, -0.2) is 39.6 Å². The maximum atomic E-state index is 13.1.